The molecule has 0 fully saturated rings. The van der Waals surface area contributed by atoms with Gasteiger partial charge in [-0.3, -0.25) is 9.11 Å². The van der Waals surface area contributed by atoms with Gasteiger partial charge in [0, 0.05) is 47.3 Å². The molecule has 295 valence electrons. The van der Waals surface area contributed by atoms with Crippen LogP contribution in [0.3, 0.4) is 0 Å². The van der Waals surface area contributed by atoms with E-state index in [9.17, 15) is 27.0 Å². The summed E-state index contributed by atoms with van der Waals surface area (Å²) in [7, 11) is -14.0. The Kier molecular flexibility index (Phi) is 26.7. The van der Waals surface area contributed by atoms with Gasteiger partial charge in [0.05, 0.1) is 22.6 Å². The van der Waals surface area contributed by atoms with E-state index in [0.717, 1.165) is 6.07 Å². The largest absolute Gasteiger partial charge is 1.00 e. The van der Waals surface area contributed by atoms with Crippen LogP contribution in [0, 0.1) is 19.9 Å². The number of nitrogens with zero attached hydrogens (tertiary/aromatic N) is 4. The van der Waals surface area contributed by atoms with Crippen molar-refractivity contribution in [2.75, 3.05) is 31.0 Å². The van der Waals surface area contributed by atoms with Crippen molar-refractivity contribution in [3.63, 3.8) is 0 Å². The van der Waals surface area contributed by atoms with Gasteiger partial charge in [-0.1, -0.05) is 28.3 Å². The van der Waals surface area contributed by atoms with E-state index in [1.165, 1.54) is 43.5 Å². The SMILES string of the molecule is O=S(=O)([O-])O.O=S(=O)([O-])O.[CH2-]CS(=O)(=O)c1ccc(N=Nc2[c-]cc3c(N=Nc4cc(S(=O)(=O)C[CH2-])ccc4OC)c(NC)ccc3c2O)c(O)c1.[Cu].[Na+].[Na+].[Na+]. The first-order valence-corrected chi connectivity index (χ1v) is 19.6. The Bertz CT molecular complexity index is 2410. The second-order valence-electron chi connectivity index (χ2n) is 9.54. The van der Waals surface area contributed by atoms with Crippen LogP contribution in [-0.2, 0) is 57.5 Å². The fourth-order valence-electron chi connectivity index (χ4n) is 3.85. The Morgan fingerprint density at radius 3 is 1.68 bits per heavy atom. The summed E-state index contributed by atoms with van der Waals surface area (Å²) < 4.78 is 120. The van der Waals surface area contributed by atoms with Crippen LogP contribution < -0.4 is 98.7 Å². The number of rotatable bonds is 10. The summed E-state index contributed by atoms with van der Waals surface area (Å²) in [5.41, 5.74) is 0.958. The van der Waals surface area contributed by atoms with Gasteiger partial charge in [-0.15, -0.1) is 10.2 Å². The zero-order chi connectivity index (χ0) is 39.7. The molecule has 0 saturated heterocycles. The van der Waals surface area contributed by atoms with Crippen LogP contribution >= 0.6 is 0 Å². The van der Waals surface area contributed by atoms with Gasteiger partial charge < -0.3 is 43.2 Å². The molecular formula is C28H28CuN5Na3O15S4-2. The van der Waals surface area contributed by atoms with Crippen molar-refractivity contribution in [1.29, 1.82) is 0 Å². The molecule has 4 rings (SSSR count). The van der Waals surface area contributed by atoms with Gasteiger partial charge in [-0.25, -0.2) is 33.7 Å². The fraction of sp³-hybridized carbons (Fsp3) is 0.143. The molecule has 0 spiro atoms. The number of nitrogens with one attached hydrogen (secondary N) is 1. The number of methoxy groups -OCH3 is 1. The van der Waals surface area contributed by atoms with Crippen molar-refractivity contribution < 1.29 is 173 Å². The summed E-state index contributed by atoms with van der Waals surface area (Å²) >= 11 is 0. The molecule has 0 heterocycles. The summed E-state index contributed by atoms with van der Waals surface area (Å²) in [5.74, 6) is -1.11. The maximum atomic E-state index is 12.3. The number of sulfone groups is 2. The molecule has 0 unspecified atom stereocenters. The monoisotopic (exact) mass is 934 g/mol. The first kappa shape index (κ1) is 59.0. The fourth-order valence-corrected chi connectivity index (χ4v) is 5.45. The van der Waals surface area contributed by atoms with E-state index in [0.29, 0.717) is 27.9 Å². The van der Waals surface area contributed by atoms with Crippen LogP contribution in [0.25, 0.3) is 10.8 Å². The molecule has 0 amide bonds. The summed E-state index contributed by atoms with van der Waals surface area (Å²) in [6.07, 6.45) is 0. The normalized spacial score (nSPS) is 11.4. The standard InChI is InChI=1S/C28H26N5O7S2.Cu.3Na.2H2O4S/c1-5-41(36,37)17-8-14-26(40-4)24(15-17)32-33-27-19-9-13-23(28(35)20(19)10-12-22(27)29-3)31-30-21-11-7-18(16-25(21)34)42(38,39)6-2;;;;;2*1-5(2,3)4/h7-12,14-16,29,34-35H,1-2,5-6H2,3-4H3;;;;;2*(H2,1,2,3,4)/q-3;;3*+1;;/p-2. The first-order valence-electron chi connectivity index (χ1n) is 13.6. The summed E-state index contributed by atoms with van der Waals surface area (Å²) in [6.45, 7) is 6.84. The minimum absolute atomic E-state index is 0. The Hall–Kier alpha value is -1.30. The second kappa shape index (κ2) is 25.4. The number of hydrogen-bond donors (Lipinski definition) is 5. The Labute approximate surface area is 400 Å². The van der Waals surface area contributed by atoms with Gasteiger partial charge in [0.15, 0.2) is 19.7 Å². The van der Waals surface area contributed by atoms with Gasteiger partial charge in [-0.2, -0.15) is 22.4 Å². The number of hydrogen-bond acceptors (Lipinski definition) is 18. The van der Waals surface area contributed by atoms with E-state index in [4.69, 9.17) is 39.8 Å². The molecule has 0 aliphatic rings. The van der Waals surface area contributed by atoms with Gasteiger partial charge in [0.1, 0.15) is 22.9 Å². The average molecular weight is 935 g/mol. The average Bonchev–Trinajstić information content (AvgIpc) is 3.05. The van der Waals surface area contributed by atoms with Gasteiger partial charge in [0.25, 0.3) is 0 Å². The predicted molar refractivity (Wildman–Crippen MR) is 183 cm³/mol. The Balaban J connectivity index is -0.00000179. The summed E-state index contributed by atoms with van der Waals surface area (Å²) in [5, 5.41) is 41.5. The number of benzene rings is 4. The van der Waals surface area contributed by atoms with Crippen LogP contribution in [0.4, 0.5) is 28.4 Å². The van der Waals surface area contributed by atoms with Crippen LogP contribution in [0.15, 0.2) is 84.8 Å². The third-order valence-electron chi connectivity index (χ3n) is 6.19. The molecule has 4 aromatic carbocycles. The van der Waals surface area contributed by atoms with Crippen LogP contribution in [0.1, 0.15) is 0 Å². The van der Waals surface area contributed by atoms with Crippen molar-refractivity contribution >= 4 is 79.7 Å². The number of aromatic hydroxyl groups is 2. The first-order chi connectivity index (χ1) is 23.9. The molecule has 0 bridgehead atoms. The molecule has 0 atom stereocenters. The molecule has 0 aliphatic carbocycles. The number of fused-ring (bicyclic) bond motifs is 1. The van der Waals surface area contributed by atoms with E-state index in [1.807, 2.05) is 0 Å². The van der Waals surface area contributed by atoms with Gasteiger partial charge >= 0.3 is 88.7 Å². The minimum Gasteiger partial charge on any atom is -0.726 e. The van der Waals surface area contributed by atoms with E-state index in [2.05, 4.69) is 45.7 Å². The number of ether oxygens (including phenoxy) is 1. The topological polar surface area (TPSA) is 334 Å². The molecule has 0 aliphatic heterocycles. The van der Waals surface area contributed by atoms with E-state index < -0.39 is 46.2 Å². The number of phenolic OH excluding ortho intramolecular Hbond substituents is 2. The number of anilines is 1. The van der Waals surface area contributed by atoms with Crippen LogP contribution in [0.5, 0.6) is 17.2 Å². The Morgan fingerprint density at radius 1 is 0.732 bits per heavy atom. The van der Waals surface area contributed by atoms with E-state index in [1.54, 1.807) is 19.2 Å². The van der Waals surface area contributed by atoms with Crippen molar-refractivity contribution in [2.24, 2.45) is 20.5 Å². The predicted octanol–water partition coefficient (Wildman–Crippen LogP) is -4.83. The van der Waals surface area contributed by atoms with Crippen LogP contribution in [0.2, 0.25) is 0 Å². The van der Waals surface area contributed by atoms with Crippen molar-refractivity contribution in [1.82, 2.24) is 0 Å². The third kappa shape index (κ3) is 18.7. The van der Waals surface area contributed by atoms with Gasteiger partial charge in [0.2, 0.25) is 20.8 Å². The van der Waals surface area contributed by atoms with E-state index in [-0.39, 0.29) is 150 Å². The molecule has 4 aromatic rings. The molecule has 28 heteroatoms. The zero-order valence-electron chi connectivity index (χ0n) is 30.0. The molecule has 1 radical (unpaired) electrons. The number of phenols is 2. The van der Waals surface area contributed by atoms with Crippen molar-refractivity contribution in [2.45, 2.75) is 9.79 Å². The molecule has 0 aromatic heterocycles. The van der Waals surface area contributed by atoms with Gasteiger partial charge in [-0.05, 0) is 36.4 Å². The third-order valence-corrected chi connectivity index (χ3v) is 9.21. The maximum absolute atomic E-state index is 12.3. The maximum Gasteiger partial charge on any atom is 1.00 e. The van der Waals surface area contributed by atoms with E-state index >= 15 is 0 Å². The smallest absolute Gasteiger partial charge is 0.726 e. The summed E-state index contributed by atoms with van der Waals surface area (Å²) in [4.78, 5) is -0.0888. The summed E-state index contributed by atoms with van der Waals surface area (Å²) in [6, 6.07) is 15.4. The Morgan fingerprint density at radius 2 is 1.21 bits per heavy atom. The van der Waals surface area contributed by atoms with Crippen molar-refractivity contribution in [3.05, 3.63) is 74.5 Å². The second-order valence-corrected chi connectivity index (χ2v) is 15.5. The molecule has 5 N–H and O–H groups in total. The van der Waals surface area contributed by atoms with Crippen LogP contribution in [-0.4, -0.2) is 87.8 Å². The molecule has 56 heavy (non-hydrogen) atoms. The molecular weight excluding hydrogens is 907 g/mol. The molecule has 20 nitrogen and oxygen atoms in total. The zero-order valence-corrected chi connectivity index (χ0v) is 40.2. The van der Waals surface area contributed by atoms with Crippen molar-refractivity contribution in [3.8, 4) is 17.2 Å². The quantitative estimate of drug-likeness (QED) is 0.0327. The minimum atomic E-state index is -4.92. The number of azo groups is 2. The molecule has 0 saturated carbocycles.